The summed E-state index contributed by atoms with van der Waals surface area (Å²) in [5.74, 6) is 0.759. The first-order valence-electron chi connectivity index (χ1n) is 4.18. The Labute approximate surface area is 63.4 Å². The molecule has 1 fully saturated rings. The van der Waals surface area contributed by atoms with E-state index in [9.17, 15) is 0 Å². The van der Waals surface area contributed by atoms with Crippen LogP contribution in [0.25, 0.3) is 0 Å². The molecule has 0 bridgehead atoms. The highest BCUT2D eigenvalue weighted by Gasteiger charge is 2.26. The van der Waals surface area contributed by atoms with Crippen molar-refractivity contribution < 1.29 is 0 Å². The van der Waals surface area contributed by atoms with Crippen LogP contribution in [0.2, 0.25) is 0 Å². The quantitative estimate of drug-likeness (QED) is 0.614. The molecule has 2 unspecified atom stereocenters. The summed E-state index contributed by atoms with van der Waals surface area (Å²) in [6.07, 6.45) is 2.58. The Morgan fingerprint density at radius 2 is 2.30 bits per heavy atom. The maximum atomic E-state index is 5.59. The SMILES string of the molecule is CCC1CC(CN)CN1C. The van der Waals surface area contributed by atoms with Crippen LogP contribution in [0.3, 0.4) is 0 Å². The van der Waals surface area contributed by atoms with E-state index in [2.05, 4.69) is 18.9 Å². The second-order valence-corrected chi connectivity index (χ2v) is 3.34. The number of hydrogen-bond donors (Lipinski definition) is 1. The molecule has 0 aromatic heterocycles. The highest BCUT2D eigenvalue weighted by molar-refractivity contribution is 4.82. The molecule has 2 atom stereocenters. The molecular formula is C8H18N2. The number of likely N-dealkylation sites (tertiary alicyclic amines) is 1. The predicted octanol–water partition coefficient (Wildman–Crippen LogP) is 0.675. The van der Waals surface area contributed by atoms with Crippen LogP contribution >= 0.6 is 0 Å². The van der Waals surface area contributed by atoms with Crippen molar-refractivity contribution in [3.05, 3.63) is 0 Å². The van der Waals surface area contributed by atoms with Crippen LogP contribution in [0, 0.1) is 5.92 Å². The molecule has 60 valence electrons. The largest absolute Gasteiger partial charge is 0.330 e. The lowest BCUT2D eigenvalue weighted by atomic mass is 10.1. The summed E-state index contributed by atoms with van der Waals surface area (Å²) in [5.41, 5.74) is 5.59. The molecule has 0 radical (unpaired) electrons. The summed E-state index contributed by atoms with van der Waals surface area (Å²) in [6.45, 7) is 4.32. The number of nitrogens with zero attached hydrogens (tertiary/aromatic N) is 1. The summed E-state index contributed by atoms with van der Waals surface area (Å²) in [4.78, 5) is 2.43. The van der Waals surface area contributed by atoms with Crippen molar-refractivity contribution in [2.24, 2.45) is 11.7 Å². The Bertz CT molecular complexity index is 103. The molecule has 1 aliphatic rings. The van der Waals surface area contributed by atoms with Gasteiger partial charge in [0.05, 0.1) is 0 Å². The lowest BCUT2D eigenvalue weighted by Gasteiger charge is -2.16. The van der Waals surface area contributed by atoms with Gasteiger partial charge in [-0.1, -0.05) is 6.92 Å². The monoisotopic (exact) mass is 142 g/mol. The maximum absolute atomic E-state index is 5.59. The Kier molecular flexibility index (Phi) is 2.69. The zero-order chi connectivity index (χ0) is 7.56. The molecule has 1 rings (SSSR count). The van der Waals surface area contributed by atoms with Crippen LogP contribution in [-0.2, 0) is 0 Å². The van der Waals surface area contributed by atoms with E-state index in [4.69, 9.17) is 5.73 Å². The third-order valence-electron chi connectivity index (χ3n) is 2.58. The first-order chi connectivity index (χ1) is 4.77. The zero-order valence-electron chi connectivity index (χ0n) is 7.01. The predicted molar refractivity (Wildman–Crippen MR) is 43.9 cm³/mol. The molecule has 2 heteroatoms. The molecule has 1 heterocycles. The minimum absolute atomic E-state index is 0.759. The minimum atomic E-state index is 0.759. The van der Waals surface area contributed by atoms with Gasteiger partial charge in [-0.25, -0.2) is 0 Å². The highest BCUT2D eigenvalue weighted by atomic mass is 15.2. The van der Waals surface area contributed by atoms with Gasteiger partial charge in [0.15, 0.2) is 0 Å². The van der Waals surface area contributed by atoms with E-state index < -0.39 is 0 Å². The van der Waals surface area contributed by atoms with E-state index in [1.807, 2.05) is 0 Å². The topological polar surface area (TPSA) is 29.3 Å². The second kappa shape index (κ2) is 3.35. The van der Waals surface area contributed by atoms with Crippen molar-refractivity contribution in [2.45, 2.75) is 25.8 Å². The van der Waals surface area contributed by atoms with Crippen molar-refractivity contribution in [1.29, 1.82) is 0 Å². The molecule has 0 amide bonds. The van der Waals surface area contributed by atoms with Gasteiger partial charge in [-0.3, -0.25) is 0 Å². The zero-order valence-corrected chi connectivity index (χ0v) is 7.01. The van der Waals surface area contributed by atoms with E-state index in [1.165, 1.54) is 19.4 Å². The third-order valence-corrected chi connectivity index (χ3v) is 2.58. The standard InChI is InChI=1S/C8H18N2/c1-3-8-4-7(5-9)6-10(8)2/h7-8H,3-6,9H2,1-2H3. The lowest BCUT2D eigenvalue weighted by Crippen LogP contribution is -2.24. The van der Waals surface area contributed by atoms with Crippen LogP contribution in [0.15, 0.2) is 0 Å². The van der Waals surface area contributed by atoms with Gasteiger partial charge >= 0.3 is 0 Å². The molecule has 10 heavy (non-hydrogen) atoms. The van der Waals surface area contributed by atoms with Crippen molar-refractivity contribution in [2.75, 3.05) is 20.1 Å². The smallest absolute Gasteiger partial charge is 0.00933 e. The fraction of sp³-hybridized carbons (Fsp3) is 1.00. The Morgan fingerprint density at radius 1 is 1.60 bits per heavy atom. The van der Waals surface area contributed by atoms with Crippen molar-refractivity contribution >= 4 is 0 Å². The first kappa shape index (κ1) is 8.02. The molecule has 1 aliphatic heterocycles. The summed E-state index contributed by atoms with van der Waals surface area (Å²) in [7, 11) is 2.20. The third kappa shape index (κ3) is 1.50. The van der Waals surface area contributed by atoms with E-state index in [1.54, 1.807) is 0 Å². The molecule has 2 nitrogen and oxygen atoms in total. The van der Waals surface area contributed by atoms with Crippen molar-refractivity contribution in [3.63, 3.8) is 0 Å². The summed E-state index contributed by atoms with van der Waals surface area (Å²) < 4.78 is 0. The maximum Gasteiger partial charge on any atom is 0.00933 e. The van der Waals surface area contributed by atoms with E-state index in [-0.39, 0.29) is 0 Å². The van der Waals surface area contributed by atoms with E-state index in [0.717, 1.165) is 18.5 Å². The average molecular weight is 142 g/mol. The molecule has 0 aromatic carbocycles. The van der Waals surface area contributed by atoms with Crippen LogP contribution in [0.5, 0.6) is 0 Å². The van der Waals surface area contributed by atoms with Gasteiger partial charge in [0.1, 0.15) is 0 Å². The Morgan fingerprint density at radius 3 is 2.60 bits per heavy atom. The molecule has 1 saturated heterocycles. The van der Waals surface area contributed by atoms with Gasteiger partial charge in [0.2, 0.25) is 0 Å². The van der Waals surface area contributed by atoms with Gasteiger partial charge in [-0.2, -0.15) is 0 Å². The number of nitrogens with two attached hydrogens (primary N) is 1. The van der Waals surface area contributed by atoms with Crippen LogP contribution in [-0.4, -0.2) is 31.1 Å². The number of hydrogen-bond acceptors (Lipinski definition) is 2. The molecule has 2 N–H and O–H groups in total. The van der Waals surface area contributed by atoms with Gasteiger partial charge in [-0.15, -0.1) is 0 Å². The van der Waals surface area contributed by atoms with Gasteiger partial charge in [0, 0.05) is 12.6 Å². The van der Waals surface area contributed by atoms with Crippen molar-refractivity contribution in [3.8, 4) is 0 Å². The van der Waals surface area contributed by atoms with Gasteiger partial charge in [0.25, 0.3) is 0 Å². The fourth-order valence-corrected chi connectivity index (χ4v) is 1.84. The Hall–Kier alpha value is -0.0800. The van der Waals surface area contributed by atoms with Crippen LogP contribution in [0.4, 0.5) is 0 Å². The minimum Gasteiger partial charge on any atom is -0.330 e. The Balaban J connectivity index is 2.36. The van der Waals surface area contributed by atoms with E-state index >= 15 is 0 Å². The summed E-state index contributed by atoms with van der Waals surface area (Å²) >= 11 is 0. The summed E-state index contributed by atoms with van der Waals surface area (Å²) in [5, 5.41) is 0. The van der Waals surface area contributed by atoms with Gasteiger partial charge < -0.3 is 10.6 Å². The van der Waals surface area contributed by atoms with E-state index in [0.29, 0.717) is 0 Å². The number of rotatable bonds is 2. The van der Waals surface area contributed by atoms with Crippen molar-refractivity contribution in [1.82, 2.24) is 4.90 Å². The lowest BCUT2D eigenvalue weighted by molar-refractivity contribution is 0.301. The molecule has 0 aromatic rings. The molecule has 0 aliphatic carbocycles. The normalized spacial score (nSPS) is 35.1. The summed E-state index contributed by atoms with van der Waals surface area (Å²) in [6, 6.07) is 0.800. The first-order valence-corrected chi connectivity index (χ1v) is 4.18. The average Bonchev–Trinajstić information content (AvgIpc) is 2.30. The van der Waals surface area contributed by atoms with Crippen LogP contribution < -0.4 is 5.73 Å². The second-order valence-electron chi connectivity index (χ2n) is 3.34. The molecule has 0 saturated carbocycles. The fourth-order valence-electron chi connectivity index (χ4n) is 1.84. The molecule has 0 spiro atoms. The van der Waals surface area contributed by atoms with Gasteiger partial charge in [-0.05, 0) is 32.4 Å². The highest BCUT2D eigenvalue weighted by Crippen LogP contribution is 2.22. The molecular weight excluding hydrogens is 124 g/mol. The van der Waals surface area contributed by atoms with Crippen LogP contribution in [0.1, 0.15) is 19.8 Å².